The summed E-state index contributed by atoms with van der Waals surface area (Å²) in [7, 11) is 4.91. The predicted octanol–water partition coefficient (Wildman–Crippen LogP) is -0.874. The second kappa shape index (κ2) is 3.57. The van der Waals surface area contributed by atoms with Crippen molar-refractivity contribution >= 4 is 5.78 Å². The van der Waals surface area contributed by atoms with Crippen LogP contribution < -0.4 is 11.0 Å². The minimum atomic E-state index is -0.181. The third-order valence-corrected chi connectivity index (χ3v) is 1.89. The number of nitrogens with one attached hydrogen (secondary N) is 1. The summed E-state index contributed by atoms with van der Waals surface area (Å²) in [6.07, 6.45) is 1.54. The minimum Gasteiger partial charge on any atom is -0.313 e. The lowest BCUT2D eigenvalue weighted by Crippen LogP contribution is -2.24. The molecule has 0 aliphatic rings. The van der Waals surface area contributed by atoms with Crippen molar-refractivity contribution in [3.8, 4) is 0 Å². The van der Waals surface area contributed by atoms with E-state index in [1.807, 2.05) is 0 Å². The van der Waals surface area contributed by atoms with Crippen LogP contribution in [0.15, 0.2) is 11.0 Å². The summed E-state index contributed by atoms with van der Waals surface area (Å²) >= 11 is 0. The Labute approximate surface area is 76.0 Å². The van der Waals surface area contributed by atoms with E-state index in [4.69, 9.17) is 0 Å². The number of carbonyl (C=O) groups is 1. The van der Waals surface area contributed by atoms with Gasteiger partial charge in [-0.3, -0.25) is 9.36 Å². The largest absolute Gasteiger partial charge is 0.328 e. The molecular formula is C8H13N3O2. The van der Waals surface area contributed by atoms with Gasteiger partial charge >= 0.3 is 5.69 Å². The van der Waals surface area contributed by atoms with Crippen LogP contribution in [0.3, 0.4) is 0 Å². The first-order valence-electron chi connectivity index (χ1n) is 3.98. The number of imidazole rings is 1. The molecule has 1 rings (SSSR count). The number of rotatable bonds is 3. The van der Waals surface area contributed by atoms with Crippen LogP contribution in [0.1, 0.15) is 10.5 Å². The molecule has 0 saturated heterocycles. The number of hydrogen-bond donors (Lipinski definition) is 1. The van der Waals surface area contributed by atoms with E-state index in [0.29, 0.717) is 5.69 Å². The van der Waals surface area contributed by atoms with Gasteiger partial charge in [0.2, 0.25) is 0 Å². The van der Waals surface area contributed by atoms with Crippen LogP contribution >= 0.6 is 0 Å². The smallest absolute Gasteiger partial charge is 0.313 e. The minimum absolute atomic E-state index is 0.0808. The number of carbonyl (C=O) groups excluding carboxylic acids is 1. The highest BCUT2D eigenvalue weighted by molar-refractivity contribution is 5.95. The number of likely N-dealkylation sites (N-methyl/N-ethyl adjacent to an activating group) is 1. The summed E-state index contributed by atoms with van der Waals surface area (Å²) in [5.41, 5.74) is 0.251. The van der Waals surface area contributed by atoms with E-state index >= 15 is 0 Å². The van der Waals surface area contributed by atoms with E-state index in [0.717, 1.165) is 0 Å². The standard InChI is InChI=1S/C8H13N3O2/c1-9-4-7(12)6-5-10(2)8(13)11(6)3/h5,9H,4H2,1-3H3. The zero-order valence-corrected chi connectivity index (χ0v) is 8.00. The van der Waals surface area contributed by atoms with E-state index in [9.17, 15) is 9.59 Å². The quantitative estimate of drug-likeness (QED) is 0.619. The van der Waals surface area contributed by atoms with Gasteiger partial charge < -0.3 is 9.88 Å². The van der Waals surface area contributed by atoms with Crippen LogP contribution in [0.5, 0.6) is 0 Å². The van der Waals surface area contributed by atoms with Gasteiger partial charge in [0.05, 0.1) is 6.54 Å². The number of ketones is 1. The number of Topliss-reactive ketones (excluding diaryl/α,β-unsaturated/α-hetero) is 1. The molecule has 5 nitrogen and oxygen atoms in total. The summed E-state index contributed by atoms with van der Waals surface area (Å²) < 4.78 is 2.74. The van der Waals surface area contributed by atoms with Crippen molar-refractivity contribution < 1.29 is 4.79 Å². The van der Waals surface area contributed by atoms with E-state index in [2.05, 4.69) is 5.32 Å². The molecule has 1 aromatic rings. The maximum absolute atomic E-state index is 11.4. The topological polar surface area (TPSA) is 56.0 Å². The third-order valence-electron chi connectivity index (χ3n) is 1.89. The van der Waals surface area contributed by atoms with Gasteiger partial charge in [-0.15, -0.1) is 0 Å². The first-order chi connectivity index (χ1) is 6.07. The number of nitrogens with zero attached hydrogens (tertiary/aromatic N) is 2. The normalized spacial score (nSPS) is 10.4. The average Bonchev–Trinajstić information content (AvgIpc) is 2.33. The Morgan fingerprint density at radius 1 is 1.54 bits per heavy atom. The molecule has 5 heteroatoms. The Bertz CT molecular complexity index is 375. The molecule has 0 aliphatic heterocycles. The zero-order chi connectivity index (χ0) is 10.0. The lowest BCUT2D eigenvalue weighted by molar-refractivity contribution is 0.0985. The Hall–Kier alpha value is -1.36. The van der Waals surface area contributed by atoms with Crippen LogP contribution in [-0.4, -0.2) is 28.5 Å². The van der Waals surface area contributed by atoms with E-state index in [1.165, 1.54) is 9.13 Å². The maximum atomic E-state index is 11.4. The van der Waals surface area contributed by atoms with Gasteiger partial charge in [-0.25, -0.2) is 4.79 Å². The fraction of sp³-hybridized carbons (Fsp3) is 0.500. The van der Waals surface area contributed by atoms with E-state index in [-0.39, 0.29) is 18.0 Å². The van der Waals surface area contributed by atoms with Gasteiger partial charge in [-0.2, -0.15) is 0 Å². The predicted molar refractivity (Wildman–Crippen MR) is 48.9 cm³/mol. The molecule has 0 radical (unpaired) electrons. The highest BCUT2D eigenvalue weighted by Gasteiger charge is 2.12. The van der Waals surface area contributed by atoms with Gasteiger partial charge in [0.1, 0.15) is 5.69 Å². The van der Waals surface area contributed by atoms with Crippen LogP contribution in [0.4, 0.5) is 0 Å². The maximum Gasteiger partial charge on any atom is 0.328 e. The molecule has 0 aromatic carbocycles. The molecule has 0 bridgehead atoms. The zero-order valence-electron chi connectivity index (χ0n) is 8.00. The van der Waals surface area contributed by atoms with Crippen LogP contribution in [0.2, 0.25) is 0 Å². The molecule has 0 aliphatic carbocycles. The first-order valence-corrected chi connectivity index (χ1v) is 3.98. The van der Waals surface area contributed by atoms with Crippen molar-refractivity contribution in [3.05, 3.63) is 22.4 Å². The van der Waals surface area contributed by atoms with Crippen molar-refractivity contribution in [2.75, 3.05) is 13.6 Å². The molecule has 0 saturated carbocycles. The molecule has 0 spiro atoms. The number of aromatic nitrogens is 2. The summed E-state index contributed by atoms with van der Waals surface area (Å²) in [6, 6.07) is 0. The summed E-state index contributed by atoms with van der Waals surface area (Å²) in [4.78, 5) is 22.6. The SMILES string of the molecule is CNCC(=O)c1cn(C)c(=O)n1C. The fourth-order valence-electron chi connectivity index (χ4n) is 1.18. The first kappa shape index (κ1) is 9.73. The molecule has 0 fully saturated rings. The Morgan fingerprint density at radius 2 is 2.15 bits per heavy atom. The fourth-order valence-corrected chi connectivity index (χ4v) is 1.18. The van der Waals surface area contributed by atoms with Gasteiger partial charge in [0, 0.05) is 20.3 Å². The van der Waals surface area contributed by atoms with Crippen molar-refractivity contribution in [3.63, 3.8) is 0 Å². The molecule has 1 N–H and O–H groups in total. The van der Waals surface area contributed by atoms with Crippen molar-refractivity contribution in [2.24, 2.45) is 14.1 Å². The molecule has 72 valence electrons. The Morgan fingerprint density at radius 3 is 2.54 bits per heavy atom. The van der Waals surface area contributed by atoms with Crippen molar-refractivity contribution in [1.29, 1.82) is 0 Å². The lowest BCUT2D eigenvalue weighted by Gasteiger charge is -1.98. The van der Waals surface area contributed by atoms with E-state index < -0.39 is 0 Å². The number of hydrogen-bond acceptors (Lipinski definition) is 3. The molecule has 0 atom stereocenters. The molecule has 1 heterocycles. The Kier molecular flexibility index (Phi) is 2.67. The van der Waals surface area contributed by atoms with Crippen LogP contribution in [0, 0.1) is 0 Å². The van der Waals surface area contributed by atoms with Gasteiger partial charge in [0.15, 0.2) is 5.78 Å². The Balaban J connectivity index is 3.09. The average molecular weight is 183 g/mol. The number of aryl methyl sites for hydroxylation is 1. The second-order valence-electron chi connectivity index (χ2n) is 2.92. The second-order valence-corrected chi connectivity index (χ2v) is 2.92. The molecule has 1 aromatic heterocycles. The highest BCUT2D eigenvalue weighted by Crippen LogP contribution is 1.95. The molecule has 13 heavy (non-hydrogen) atoms. The summed E-state index contributed by atoms with van der Waals surface area (Å²) in [6.45, 7) is 0.247. The third kappa shape index (κ3) is 1.70. The van der Waals surface area contributed by atoms with Crippen LogP contribution in [-0.2, 0) is 14.1 Å². The summed E-state index contributed by atoms with van der Waals surface area (Å²) in [5.74, 6) is -0.0808. The van der Waals surface area contributed by atoms with Crippen molar-refractivity contribution in [2.45, 2.75) is 0 Å². The molecule has 0 amide bonds. The van der Waals surface area contributed by atoms with E-state index in [1.54, 1.807) is 27.3 Å². The molecule has 0 unspecified atom stereocenters. The molecular weight excluding hydrogens is 170 g/mol. The highest BCUT2D eigenvalue weighted by atomic mass is 16.2. The van der Waals surface area contributed by atoms with Crippen LogP contribution in [0.25, 0.3) is 0 Å². The van der Waals surface area contributed by atoms with Crippen molar-refractivity contribution in [1.82, 2.24) is 14.5 Å². The van der Waals surface area contributed by atoms with Gasteiger partial charge in [-0.05, 0) is 7.05 Å². The summed E-state index contributed by atoms with van der Waals surface area (Å²) in [5, 5.41) is 2.75. The van der Waals surface area contributed by atoms with Gasteiger partial charge in [-0.1, -0.05) is 0 Å². The lowest BCUT2D eigenvalue weighted by atomic mass is 10.3. The van der Waals surface area contributed by atoms with Gasteiger partial charge in [0.25, 0.3) is 0 Å². The monoisotopic (exact) mass is 183 g/mol.